The minimum absolute atomic E-state index is 0.175. The molecular formula is C24H32N2O8S. The number of amides is 1. The van der Waals surface area contributed by atoms with Gasteiger partial charge in [0.25, 0.3) is 0 Å². The van der Waals surface area contributed by atoms with Crippen molar-refractivity contribution in [3.8, 4) is 5.75 Å². The number of carboxylic acid groups (broad SMARTS) is 2. The van der Waals surface area contributed by atoms with E-state index in [0.717, 1.165) is 31.6 Å². The molecule has 0 heterocycles. The molecule has 11 heteroatoms. The van der Waals surface area contributed by atoms with E-state index in [-0.39, 0.29) is 29.2 Å². The first kappa shape index (κ1) is 29.6. The second-order valence-electron chi connectivity index (χ2n) is 7.60. The Bertz CT molecular complexity index is 1030. The third-order valence-electron chi connectivity index (χ3n) is 4.50. The van der Waals surface area contributed by atoms with Crippen molar-refractivity contribution in [3.05, 3.63) is 65.7 Å². The van der Waals surface area contributed by atoms with Crippen LogP contribution in [-0.4, -0.2) is 55.9 Å². The van der Waals surface area contributed by atoms with Crippen molar-refractivity contribution in [3.63, 3.8) is 0 Å². The van der Waals surface area contributed by atoms with Gasteiger partial charge in [-0.25, -0.2) is 22.7 Å². The summed E-state index contributed by atoms with van der Waals surface area (Å²) in [7, 11) is -3.70. The summed E-state index contributed by atoms with van der Waals surface area (Å²) in [6, 6.07) is 14.8. The van der Waals surface area contributed by atoms with Crippen molar-refractivity contribution in [1.29, 1.82) is 0 Å². The lowest BCUT2D eigenvalue weighted by atomic mass is 10.0. The highest BCUT2D eigenvalue weighted by atomic mass is 32.2. The Labute approximate surface area is 205 Å². The van der Waals surface area contributed by atoms with Gasteiger partial charge >= 0.3 is 11.9 Å². The number of unbranched alkanes of at least 4 members (excludes halogenated alkanes) is 2. The Morgan fingerprint density at radius 2 is 1.60 bits per heavy atom. The van der Waals surface area contributed by atoms with Gasteiger partial charge in [-0.1, -0.05) is 62.2 Å². The van der Waals surface area contributed by atoms with E-state index in [2.05, 4.69) is 10.0 Å². The Kier molecular flexibility index (Phi) is 13.1. The van der Waals surface area contributed by atoms with E-state index in [9.17, 15) is 27.9 Å². The number of aliphatic carboxylic acids is 1. The predicted molar refractivity (Wildman–Crippen MR) is 131 cm³/mol. The van der Waals surface area contributed by atoms with E-state index >= 15 is 0 Å². The fourth-order valence-corrected chi connectivity index (χ4v) is 3.66. The van der Waals surface area contributed by atoms with Crippen LogP contribution >= 0.6 is 0 Å². The van der Waals surface area contributed by atoms with Gasteiger partial charge in [0.05, 0.1) is 12.3 Å². The topological polar surface area (TPSA) is 159 Å². The Balaban J connectivity index is 0.000000882. The summed E-state index contributed by atoms with van der Waals surface area (Å²) in [4.78, 5) is 34.3. The highest BCUT2D eigenvalue weighted by Crippen LogP contribution is 2.26. The molecule has 2 aromatic rings. The molecule has 0 fully saturated rings. The monoisotopic (exact) mass is 508 g/mol. The molecule has 4 N–H and O–H groups in total. The van der Waals surface area contributed by atoms with Gasteiger partial charge in [-0.15, -0.1) is 0 Å². The molecule has 2 aromatic carbocycles. The third-order valence-corrected chi connectivity index (χ3v) is 5.22. The van der Waals surface area contributed by atoms with E-state index in [0.29, 0.717) is 6.54 Å². The maximum Gasteiger partial charge on any atom is 0.341 e. The summed E-state index contributed by atoms with van der Waals surface area (Å²) in [5.41, 5.74) is -0.105. The first-order valence-electron chi connectivity index (χ1n) is 11.0. The van der Waals surface area contributed by atoms with Crippen LogP contribution in [0.4, 0.5) is 0 Å². The number of nitrogens with one attached hydrogen (secondary N) is 2. The molecule has 0 aliphatic rings. The average Bonchev–Trinajstić information content (AvgIpc) is 2.80. The molecule has 192 valence electrons. The number of carbonyl (C=O) groups excluding carboxylic acids is 1. The molecule has 0 aliphatic heterocycles. The maximum absolute atomic E-state index is 12.2. The number of rotatable bonds is 13. The van der Waals surface area contributed by atoms with Gasteiger partial charge in [-0.05, 0) is 24.1 Å². The molecule has 10 nitrogen and oxygen atoms in total. The number of benzene rings is 2. The van der Waals surface area contributed by atoms with Crippen LogP contribution in [-0.2, 0) is 19.6 Å². The van der Waals surface area contributed by atoms with Crippen LogP contribution in [0.1, 0.15) is 54.6 Å². The molecule has 0 spiro atoms. The van der Waals surface area contributed by atoms with Crippen molar-refractivity contribution in [2.75, 3.05) is 19.4 Å². The number of aromatic carboxylic acids is 1. The van der Waals surface area contributed by atoms with Crippen LogP contribution < -0.4 is 14.8 Å². The van der Waals surface area contributed by atoms with E-state index in [1.54, 1.807) is 0 Å². The smallest absolute Gasteiger partial charge is 0.341 e. The van der Waals surface area contributed by atoms with Crippen LogP contribution in [0.3, 0.4) is 0 Å². The molecule has 0 radical (unpaired) electrons. The van der Waals surface area contributed by atoms with Crippen molar-refractivity contribution in [2.24, 2.45) is 0 Å². The molecule has 0 aromatic heterocycles. The number of ether oxygens (including phenoxy) is 1. The lowest BCUT2D eigenvalue weighted by Crippen LogP contribution is -2.33. The summed E-state index contributed by atoms with van der Waals surface area (Å²) in [6.07, 6.45) is 3.44. The third kappa shape index (κ3) is 13.1. The zero-order valence-electron chi connectivity index (χ0n) is 19.8. The van der Waals surface area contributed by atoms with E-state index < -0.39 is 34.6 Å². The first-order valence-corrected chi connectivity index (χ1v) is 12.9. The summed E-state index contributed by atoms with van der Waals surface area (Å²) in [5.74, 6) is -3.22. The SMILES string of the molecule is CCCCCNC(=O)CC(NS(C)(=O)=O)c1ccc(OCC(=O)O)c(C(=O)O)c1.c1ccccc1. The summed E-state index contributed by atoms with van der Waals surface area (Å²) in [6.45, 7) is 1.75. The van der Waals surface area contributed by atoms with Gasteiger partial charge in [-0.3, -0.25) is 4.79 Å². The van der Waals surface area contributed by atoms with E-state index in [1.807, 2.05) is 43.3 Å². The van der Waals surface area contributed by atoms with Gasteiger partial charge in [-0.2, -0.15) is 0 Å². The van der Waals surface area contributed by atoms with Crippen LogP contribution in [0.5, 0.6) is 5.75 Å². The van der Waals surface area contributed by atoms with Crippen molar-refractivity contribution < 1.29 is 37.8 Å². The number of carbonyl (C=O) groups is 3. The van der Waals surface area contributed by atoms with Crippen LogP contribution in [0.2, 0.25) is 0 Å². The van der Waals surface area contributed by atoms with Crippen LogP contribution in [0.15, 0.2) is 54.6 Å². The van der Waals surface area contributed by atoms with Gasteiger partial charge < -0.3 is 20.3 Å². The molecule has 2 rings (SSSR count). The second-order valence-corrected chi connectivity index (χ2v) is 9.38. The van der Waals surface area contributed by atoms with Gasteiger partial charge in [0.1, 0.15) is 11.3 Å². The Hall–Kier alpha value is -3.44. The zero-order valence-corrected chi connectivity index (χ0v) is 20.6. The first-order chi connectivity index (χ1) is 16.5. The van der Waals surface area contributed by atoms with Crippen LogP contribution in [0.25, 0.3) is 0 Å². The normalized spacial score (nSPS) is 11.5. The van der Waals surface area contributed by atoms with Crippen LogP contribution in [0, 0.1) is 0 Å². The predicted octanol–water partition coefficient (Wildman–Crippen LogP) is 2.82. The standard InChI is InChI=1S/C18H26N2O8S.C6H6/c1-3-4-5-8-19-16(21)10-14(20-29(2,26)27)12-6-7-15(28-11-17(22)23)13(9-12)18(24)25;1-2-4-6-5-3-1/h6-7,9,14,20H,3-5,8,10-11H2,1-2H3,(H,19,21)(H,22,23)(H,24,25);1-6H. The van der Waals surface area contributed by atoms with E-state index in [1.165, 1.54) is 12.1 Å². The van der Waals surface area contributed by atoms with Gasteiger partial charge in [0, 0.05) is 13.0 Å². The van der Waals surface area contributed by atoms with Crippen molar-refractivity contribution in [1.82, 2.24) is 10.0 Å². The second kappa shape index (κ2) is 15.5. The number of carboxylic acids is 2. The minimum Gasteiger partial charge on any atom is -0.481 e. The molecule has 35 heavy (non-hydrogen) atoms. The molecule has 0 aliphatic carbocycles. The zero-order chi connectivity index (χ0) is 26.3. The quantitative estimate of drug-likeness (QED) is 0.301. The van der Waals surface area contributed by atoms with E-state index in [4.69, 9.17) is 9.84 Å². The number of hydrogen-bond acceptors (Lipinski definition) is 6. The Morgan fingerprint density at radius 3 is 2.09 bits per heavy atom. The number of hydrogen-bond donors (Lipinski definition) is 4. The minimum atomic E-state index is -3.70. The molecule has 1 amide bonds. The lowest BCUT2D eigenvalue weighted by molar-refractivity contribution is -0.139. The molecule has 1 atom stereocenters. The number of sulfonamides is 1. The largest absolute Gasteiger partial charge is 0.481 e. The summed E-state index contributed by atoms with van der Waals surface area (Å²) >= 11 is 0. The molecule has 0 saturated heterocycles. The molecule has 0 bridgehead atoms. The highest BCUT2D eigenvalue weighted by molar-refractivity contribution is 7.88. The Morgan fingerprint density at radius 1 is 1.00 bits per heavy atom. The molecule has 1 unspecified atom stereocenters. The highest BCUT2D eigenvalue weighted by Gasteiger charge is 2.23. The maximum atomic E-state index is 12.2. The van der Waals surface area contributed by atoms with Crippen molar-refractivity contribution >= 4 is 27.9 Å². The lowest BCUT2D eigenvalue weighted by Gasteiger charge is -2.19. The fourth-order valence-electron chi connectivity index (χ4n) is 2.93. The fraction of sp³-hybridized carbons (Fsp3) is 0.375. The van der Waals surface area contributed by atoms with Crippen molar-refractivity contribution in [2.45, 2.75) is 38.6 Å². The summed E-state index contributed by atoms with van der Waals surface area (Å²) in [5, 5.41) is 20.8. The molecular weight excluding hydrogens is 476 g/mol. The van der Waals surface area contributed by atoms with Gasteiger partial charge in [0.15, 0.2) is 6.61 Å². The average molecular weight is 509 g/mol. The molecule has 0 saturated carbocycles. The summed E-state index contributed by atoms with van der Waals surface area (Å²) < 4.78 is 30.7. The van der Waals surface area contributed by atoms with Gasteiger partial charge in [0.2, 0.25) is 15.9 Å².